The normalized spacial score (nSPS) is 15.2. The Hall–Kier alpha value is -8.40. The van der Waals surface area contributed by atoms with E-state index in [0.717, 1.165) is 44.7 Å². The van der Waals surface area contributed by atoms with Gasteiger partial charge in [-0.2, -0.15) is 0 Å². The third kappa shape index (κ3) is 6.06. The molecule has 368 valence electrons. The van der Waals surface area contributed by atoms with Gasteiger partial charge in [0, 0.05) is 60.4 Å². The van der Waals surface area contributed by atoms with Gasteiger partial charge in [0.1, 0.15) is 22.3 Å². The Bertz CT molecular complexity index is 4470. The first kappa shape index (κ1) is 45.0. The lowest BCUT2D eigenvalue weighted by Crippen LogP contribution is -2.21. The number of hydrogen-bond acceptors (Lipinski definition) is 3. The van der Waals surface area contributed by atoms with Crippen LogP contribution in [0.5, 0.6) is 0 Å². The van der Waals surface area contributed by atoms with Gasteiger partial charge in [-0.15, -0.1) is 0 Å². The zero-order valence-electron chi connectivity index (χ0n) is 44.7. The number of nitrogens with zero attached hydrogens (tertiary/aromatic N) is 1. The smallest absolute Gasteiger partial charge is 0.143 e. The molecule has 0 bridgehead atoms. The zero-order chi connectivity index (χ0) is 51.8. The SMILES string of the molecule is CC(C)(C)c1ccccc1N(c1ccc2c(c1)C(C)(C)c1cc3c(cc1-2)C(C)(C)c1ccc2oc4ccccc4c2c1-3)c1ccc2c(c1)C(C)(C)c1cc(-c3ccccc3-c3ccccc3)c3oc4ccccc4c3c1-2. The van der Waals surface area contributed by atoms with Gasteiger partial charge in [0.15, 0.2) is 0 Å². The second-order valence-corrected chi connectivity index (χ2v) is 24.4. The molecular weight excluding hydrogens is 923 g/mol. The van der Waals surface area contributed by atoms with Gasteiger partial charge in [-0.1, -0.05) is 190 Å². The molecule has 0 atom stereocenters. The summed E-state index contributed by atoms with van der Waals surface area (Å²) in [6.07, 6.45) is 0. The van der Waals surface area contributed by atoms with Gasteiger partial charge in [0.05, 0.1) is 0 Å². The standard InChI is InChI=1S/C73H59NO2/c1-70(2,3)54-27-17-18-28-61(54)74(43-31-33-47-51-39-59-53(41-58(51)72(6,7)56(47)37-43)66-55(71(59,4)5)35-36-64-67(66)49-25-15-19-29-62(49)75-64)44-32-34-48-57(38-44)73(8,9)60-40-52(46-24-14-13-23-45(46)42-21-11-10-12-22-42)69-68(65(48)60)50-26-16-20-30-63(50)76-69/h10-41H,1-9H3. The minimum atomic E-state index is -0.346. The summed E-state index contributed by atoms with van der Waals surface area (Å²) < 4.78 is 13.5. The van der Waals surface area contributed by atoms with Crippen LogP contribution in [0.1, 0.15) is 101 Å². The van der Waals surface area contributed by atoms with Crippen molar-refractivity contribution in [3.63, 3.8) is 0 Å². The molecular formula is C73H59NO2. The quantitative estimate of drug-likeness (QED) is 0.172. The molecule has 3 aliphatic rings. The second-order valence-electron chi connectivity index (χ2n) is 24.4. The van der Waals surface area contributed by atoms with Crippen LogP contribution in [-0.4, -0.2) is 0 Å². The summed E-state index contributed by atoms with van der Waals surface area (Å²) >= 11 is 0. The number of rotatable bonds is 5. The van der Waals surface area contributed by atoms with Crippen LogP contribution in [-0.2, 0) is 21.7 Å². The van der Waals surface area contributed by atoms with Crippen LogP contribution in [0.15, 0.2) is 203 Å². The van der Waals surface area contributed by atoms with Gasteiger partial charge in [-0.3, -0.25) is 0 Å². The molecule has 0 spiro atoms. The number of para-hydroxylation sites is 3. The first-order valence-corrected chi connectivity index (χ1v) is 27.1. The predicted octanol–water partition coefficient (Wildman–Crippen LogP) is 20.5. The molecule has 76 heavy (non-hydrogen) atoms. The Labute approximate surface area is 445 Å². The molecule has 0 N–H and O–H groups in total. The first-order chi connectivity index (χ1) is 36.6. The summed E-state index contributed by atoms with van der Waals surface area (Å²) in [5.41, 5.74) is 28.1. The largest absolute Gasteiger partial charge is 0.456 e. The van der Waals surface area contributed by atoms with E-state index in [-0.39, 0.29) is 21.7 Å². The van der Waals surface area contributed by atoms with E-state index in [1.165, 1.54) is 111 Å². The van der Waals surface area contributed by atoms with Crippen molar-refractivity contribution in [3.8, 4) is 55.6 Å². The van der Waals surface area contributed by atoms with Gasteiger partial charge in [-0.25, -0.2) is 0 Å². The van der Waals surface area contributed by atoms with Crippen molar-refractivity contribution >= 4 is 60.9 Å². The van der Waals surface area contributed by atoms with Crippen molar-refractivity contribution in [3.05, 3.63) is 233 Å². The van der Waals surface area contributed by atoms with Crippen molar-refractivity contribution < 1.29 is 8.83 Å². The number of hydrogen-bond donors (Lipinski definition) is 0. The van der Waals surface area contributed by atoms with Crippen LogP contribution in [0.2, 0.25) is 0 Å². The Balaban J connectivity index is 0.911. The van der Waals surface area contributed by atoms with E-state index in [4.69, 9.17) is 8.83 Å². The second kappa shape index (κ2) is 15.4. The minimum absolute atomic E-state index is 0.122. The van der Waals surface area contributed by atoms with Crippen molar-refractivity contribution in [1.82, 2.24) is 0 Å². The summed E-state index contributed by atoms with van der Waals surface area (Å²) in [7, 11) is 0. The zero-order valence-corrected chi connectivity index (χ0v) is 44.7. The molecule has 12 aromatic rings. The molecule has 0 aliphatic heterocycles. The number of anilines is 3. The van der Waals surface area contributed by atoms with E-state index in [9.17, 15) is 0 Å². The molecule has 2 aromatic heterocycles. The predicted molar refractivity (Wildman–Crippen MR) is 318 cm³/mol. The highest BCUT2D eigenvalue weighted by Gasteiger charge is 2.44. The van der Waals surface area contributed by atoms with Crippen LogP contribution in [0, 0.1) is 0 Å². The highest BCUT2D eigenvalue weighted by Crippen LogP contribution is 2.60. The summed E-state index contributed by atoms with van der Waals surface area (Å²) in [4.78, 5) is 2.55. The first-order valence-electron chi connectivity index (χ1n) is 27.1. The Morgan fingerprint density at radius 2 is 0.882 bits per heavy atom. The van der Waals surface area contributed by atoms with Gasteiger partial charge in [0.25, 0.3) is 0 Å². The summed E-state index contributed by atoms with van der Waals surface area (Å²) in [5, 5.41) is 4.73. The highest BCUT2D eigenvalue weighted by molar-refractivity contribution is 6.20. The van der Waals surface area contributed by atoms with Crippen LogP contribution < -0.4 is 4.90 Å². The van der Waals surface area contributed by atoms with E-state index >= 15 is 0 Å². The van der Waals surface area contributed by atoms with E-state index in [1.54, 1.807) is 0 Å². The van der Waals surface area contributed by atoms with Crippen LogP contribution in [0.4, 0.5) is 17.1 Å². The molecule has 0 amide bonds. The molecule has 0 radical (unpaired) electrons. The van der Waals surface area contributed by atoms with Crippen LogP contribution >= 0.6 is 0 Å². The third-order valence-corrected chi connectivity index (χ3v) is 18.0. The highest BCUT2D eigenvalue weighted by atomic mass is 16.3. The maximum atomic E-state index is 7.00. The summed E-state index contributed by atoms with van der Waals surface area (Å²) in [6.45, 7) is 21.5. The summed E-state index contributed by atoms with van der Waals surface area (Å²) in [6, 6.07) is 72.3. The van der Waals surface area contributed by atoms with E-state index < -0.39 is 0 Å². The molecule has 0 unspecified atom stereocenters. The van der Waals surface area contributed by atoms with Crippen molar-refractivity contribution in [1.29, 1.82) is 0 Å². The fraction of sp³-hybridized carbons (Fsp3) is 0.178. The lowest BCUT2D eigenvalue weighted by molar-refractivity contribution is 0.591. The maximum Gasteiger partial charge on any atom is 0.143 e. The summed E-state index contributed by atoms with van der Waals surface area (Å²) in [5.74, 6) is 0. The molecule has 0 saturated heterocycles. The van der Waals surface area contributed by atoms with Crippen molar-refractivity contribution in [2.24, 2.45) is 0 Å². The molecule has 3 nitrogen and oxygen atoms in total. The molecule has 3 heteroatoms. The van der Waals surface area contributed by atoms with Crippen LogP contribution in [0.25, 0.3) is 99.5 Å². The topological polar surface area (TPSA) is 29.5 Å². The lowest BCUT2D eigenvalue weighted by atomic mass is 9.79. The third-order valence-electron chi connectivity index (χ3n) is 18.0. The Morgan fingerprint density at radius 3 is 1.62 bits per heavy atom. The molecule has 0 saturated carbocycles. The fourth-order valence-corrected chi connectivity index (χ4v) is 14.1. The average molecular weight is 982 g/mol. The molecule has 3 aliphatic carbocycles. The monoisotopic (exact) mass is 981 g/mol. The van der Waals surface area contributed by atoms with E-state index in [0.29, 0.717) is 0 Å². The molecule has 2 heterocycles. The number of benzene rings is 10. The van der Waals surface area contributed by atoms with Gasteiger partial charge in [0.2, 0.25) is 0 Å². The number of fused-ring (bicyclic) bond motifs is 17. The van der Waals surface area contributed by atoms with Crippen LogP contribution in [0.3, 0.4) is 0 Å². The number of furan rings is 2. The van der Waals surface area contributed by atoms with E-state index in [2.05, 4.69) is 261 Å². The van der Waals surface area contributed by atoms with Crippen molar-refractivity contribution in [2.75, 3.05) is 4.90 Å². The van der Waals surface area contributed by atoms with Crippen molar-refractivity contribution in [2.45, 2.75) is 84.0 Å². The molecule has 0 fully saturated rings. The van der Waals surface area contributed by atoms with Gasteiger partial charge < -0.3 is 13.7 Å². The van der Waals surface area contributed by atoms with Gasteiger partial charge in [-0.05, 0) is 161 Å². The Morgan fingerprint density at radius 1 is 0.355 bits per heavy atom. The van der Waals surface area contributed by atoms with Gasteiger partial charge >= 0.3 is 0 Å². The molecule has 10 aromatic carbocycles. The minimum Gasteiger partial charge on any atom is -0.456 e. The molecule has 15 rings (SSSR count). The maximum absolute atomic E-state index is 7.00. The fourth-order valence-electron chi connectivity index (χ4n) is 14.1. The van der Waals surface area contributed by atoms with E-state index in [1.807, 2.05) is 0 Å². The average Bonchev–Trinajstić information content (AvgIpc) is 4.17. The lowest BCUT2D eigenvalue weighted by Gasteiger charge is -2.33. The Kier molecular flexibility index (Phi) is 9.10.